The Kier molecular flexibility index (Phi) is 3.46. The molecular weight excluding hydrogens is 214 g/mol. The number of nitrogens with two attached hydrogens (primary N) is 1. The normalized spacial score (nSPS) is 12.4. The van der Waals surface area contributed by atoms with Crippen molar-refractivity contribution >= 4 is 0 Å². The van der Waals surface area contributed by atoms with Gasteiger partial charge in [0.05, 0.1) is 5.69 Å². The third-order valence-corrected chi connectivity index (χ3v) is 2.54. The Morgan fingerprint density at radius 3 is 2.59 bits per heavy atom. The zero-order valence-corrected chi connectivity index (χ0v) is 9.67. The van der Waals surface area contributed by atoms with E-state index in [0.29, 0.717) is 5.82 Å². The molecule has 4 nitrogen and oxygen atoms in total. The summed E-state index contributed by atoms with van der Waals surface area (Å²) in [4.78, 5) is 8.31. The van der Waals surface area contributed by atoms with E-state index in [1.165, 1.54) is 5.56 Å². The lowest BCUT2D eigenvalue weighted by Crippen LogP contribution is -2.14. The molecule has 0 amide bonds. The molecule has 1 heterocycles. The highest BCUT2D eigenvalue weighted by atomic mass is 16.3. The third-order valence-electron chi connectivity index (χ3n) is 2.54. The van der Waals surface area contributed by atoms with E-state index in [-0.39, 0.29) is 6.54 Å². The molecule has 88 valence electrons. The number of benzene rings is 1. The predicted octanol–water partition coefficient (Wildman–Crippen LogP) is 1.44. The zero-order chi connectivity index (χ0) is 12.3. The molecule has 0 saturated carbocycles. The third kappa shape index (κ3) is 2.67. The first-order chi connectivity index (χ1) is 8.20. The molecule has 0 fully saturated rings. The molecule has 3 N–H and O–H groups in total. The molecule has 1 unspecified atom stereocenters. The number of rotatable bonds is 3. The number of nitrogens with zero attached hydrogens (tertiary/aromatic N) is 2. The van der Waals surface area contributed by atoms with Crippen LogP contribution in [0.4, 0.5) is 0 Å². The van der Waals surface area contributed by atoms with Gasteiger partial charge in [-0.2, -0.15) is 0 Å². The Bertz CT molecular complexity index is 496. The van der Waals surface area contributed by atoms with E-state index < -0.39 is 6.10 Å². The van der Waals surface area contributed by atoms with Gasteiger partial charge in [-0.3, -0.25) is 0 Å². The van der Waals surface area contributed by atoms with Crippen LogP contribution in [0.2, 0.25) is 0 Å². The molecule has 0 bridgehead atoms. The van der Waals surface area contributed by atoms with Crippen molar-refractivity contribution in [2.75, 3.05) is 6.54 Å². The Balaban J connectivity index is 2.36. The maximum absolute atomic E-state index is 9.59. The summed E-state index contributed by atoms with van der Waals surface area (Å²) in [7, 11) is 0. The summed E-state index contributed by atoms with van der Waals surface area (Å²) < 4.78 is 0. The van der Waals surface area contributed by atoms with Crippen molar-refractivity contribution in [1.82, 2.24) is 9.97 Å². The Hall–Kier alpha value is -1.78. The summed E-state index contributed by atoms with van der Waals surface area (Å²) in [6, 6.07) is 9.86. The van der Waals surface area contributed by atoms with Crippen LogP contribution in [-0.2, 0) is 0 Å². The van der Waals surface area contributed by atoms with E-state index in [4.69, 9.17) is 5.73 Å². The number of hydrogen-bond acceptors (Lipinski definition) is 4. The van der Waals surface area contributed by atoms with Crippen molar-refractivity contribution < 1.29 is 5.11 Å². The van der Waals surface area contributed by atoms with Crippen LogP contribution >= 0.6 is 0 Å². The van der Waals surface area contributed by atoms with Crippen LogP contribution in [-0.4, -0.2) is 21.6 Å². The van der Waals surface area contributed by atoms with E-state index in [9.17, 15) is 5.11 Å². The van der Waals surface area contributed by atoms with Crippen LogP contribution in [0.5, 0.6) is 0 Å². The molecule has 0 spiro atoms. The lowest BCUT2D eigenvalue weighted by molar-refractivity contribution is 0.176. The summed E-state index contributed by atoms with van der Waals surface area (Å²) in [5.41, 5.74) is 8.38. The zero-order valence-electron chi connectivity index (χ0n) is 9.67. The Labute approximate surface area is 100 Å². The molecule has 0 aliphatic carbocycles. The highest BCUT2D eigenvalue weighted by Gasteiger charge is 2.09. The second-order valence-corrected chi connectivity index (χ2v) is 3.92. The van der Waals surface area contributed by atoms with Gasteiger partial charge in [0.1, 0.15) is 6.10 Å². The minimum absolute atomic E-state index is 0.122. The van der Waals surface area contributed by atoms with Gasteiger partial charge in [-0.25, -0.2) is 9.97 Å². The minimum Gasteiger partial charge on any atom is -0.384 e. The van der Waals surface area contributed by atoms with Crippen molar-refractivity contribution in [2.45, 2.75) is 13.0 Å². The second kappa shape index (κ2) is 5.03. The quantitative estimate of drug-likeness (QED) is 0.835. The lowest BCUT2D eigenvalue weighted by atomic mass is 10.1. The summed E-state index contributed by atoms with van der Waals surface area (Å²) >= 11 is 0. The number of aryl methyl sites for hydroxylation is 1. The molecule has 0 aliphatic heterocycles. The van der Waals surface area contributed by atoms with Crippen molar-refractivity contribution in [3.63, 3.8) is 0 Å². The van der Waals surface area contributed by atoms with Gasteiger partial charge in [-0.05, 0) is 13.0 Å². The number of hydrogen-bond donors (Lipinski definition) is 2. The molecule has 2 rings (SSSR count). The van der Waals surface area contributed by atoms with Crippen molar-refractivity contribution in [1.29, 1.82) is 0 Å². The van der Waals surface area contributed by atoms with Gasteiger partial charge in [0.15, 0.2) is 5.82 Å². The fourth-order valence-corrected chi connectivity index (χ4v) is 1.52. The molecule has 1 atom stereocenters. The molecule has 4 heteroatoms. The van der Waals surface area contributed by atoms with E-state index in [0.717, 1.165) is 11.3 Å². The average Bonchev–Trinajstić information content (AvgIpc) is 2.39. The maximum Gasteiger partial charge on any atom is 0.158 e. The molecule has 0 aliphatic rings. The van der Waals surface area contributed by atoms with Crippen LogP contribution in [0.3, 0.4) is 0 Å². The van der Waals surface area contributed by atoms with Crippen LogP contribution < -0.4 is 5.73 Å². The van der Waals surface area contributed by atoms with Crippen LogP contribution in [0.25, 0.3) is 11.3 Å². The maximum atomic E-state index is 9.59. The van der Waals surface area contributed by atoms with Crippen LogP contribution in [0, 0.1) is 6.92 Å². The van der Waals surface area contributed by atoms with Gasteiger partial charge in [-0.1, -0.05) is 29.8 Å². The van der Waals surface area contributed by atoms with Gasteiger partial charge in [0.2, 0.25) is 0 Å². The average molecular weight is 229 g/mol. The number of aromatic nitrogens is 2. The van der Waals surface area contributed by atoms with Gasteiger partial charge < -0.3 is 10.8 Å². The van der Waals surface area contributed by atoms with E-state index in [1.807, 2.05) is 37.3 Å². The first-order valence-corrected chi connectivity index (χ1v) is 5.49. The van der Waals surface area contributed by atoms with Crippen LogP contribution in [0.15, 0.2) is 36.5 Å². The van der Waals surface area contributed by atoms with Gasteiger partial charge in [0.25, 0.3) is 0 Å². The topological polar surface area (TPSA) is 72.0 Å². The molecule has 0 radical (unpaired) electrons. The van der Waals surface area contributed by atoms with E-state index >= 15 is 0 Å². The van der Waals surface area contributed by atoms with Crippen molar-refractivity contribution in [3.05, 3.63) is 47.9 Å². The largest absolute Gasteiger partial charge is 0.384 e. The fraction of sp³-hybridized carbons (Fsp3) is 0.231. The van der Waals surface area contributed by atoms with E-state index in [2.05, 4.69) is 9.97 Å². The first kappa shape index (κ1) is 11.7. The van der Waals surface area contributed by atoms with Crippen molar-refractivity contribution in [2.24, 2.45) is 5.73 Å². The SMILES string of the molecule is Cc1ccc(-c2ccnc(C(O)CN)n2)cc1. The summed E-state index contributed by atoms with van der Waals surface area (Å²) in [6.07, 6.45) is 0.830. The number of aliphatic hydroxyl groups is 1. The number of aliphatic hydroxyl groups excluding tert-OH is 1. The predicted molar refractivity (Wildman–Crippen MR) is 66.2 cm³/mol. The van der Waals surface area contributed by atoms with Crippen molar-refractivity contribution in [3.8, 4) is 11.3 Å². The molecule has 1 aromatic heterocycles. The summed E-state index contributed by atoms with van der Waals surface area (Å²) in [5.74, 6) is 0.366. The summed E-state index contributed by atoms with van der Waals surface area (Å²) in [6.45, 7) is 2.16. The Morgan fingerprint density at radius 1 is 1.24 bits per heavy atom. The molecule has 1 aromatic carbocycles. The summed E-state index contributed by atoms with van der Waals surface area (Å²) in [5, 5.41) is 9.59. The van der Waals surface area contributed by atoms with E-state index in [1.54, 1.807) is 6.20 Å². The molecule has 17 heavy (non-hydrogen) atoms. The fourth-order valence-electron chi connectivity index (χ4n) is 1.52. The van der Waals surface area contributed by atoms with Gasteiger partial charge in [-0.15, -0.1) is 0 Å². The van der Waals surface area contributed by atoms with Crippen LogP contribution in [0.1, 0.15) is 17.5 Å². The lowest BCUT2D eigenvalue weighted by Gasteiger charge is -2.08. The second-order valence-electron chi connectivity index (χ2n) is 3.92. The highest BCUT2D eigenvalue weighted by Crippen LogP contribution is 2.18. The highest BCUT2D eigenvalue weighted by molar-refractivity contribution is 5.58. The molecular formula is C13H15N3O. The first-order valence-electron chi connectivity index (χ1n) is 5.49. The van der Waals surface area contributed by atoms with Gasteiger partial charge >= 0.3 is 0 Å². The Morgan fingerprint density at radius 2 is 1.94 bits per heavy atom. The molecule has 0 saturated heterocycles. The minimum atomic E-state index is -0.805. The molecule has 2 aromatic rings. The smallest absolute Gasteiger partial charge is 0.158 e. The van der Waals surface area contributed by atoms with Gasteiger partial charge in [0, 0.05) is 18.3 Å². The standard InChI is InChI=1S/C13H15N3O/c1-9-2-4-10(5-3-9)11-6-7-15-13(16-11)12(17)8-14/h2-7,12,17H,8,14H2,1H3. The monoisotopic (exact) mass is 229 g/mol.